The maximum absolute atomic E-state index is 14.0. The molecule has 7 nitrogen and oxygen atoms in total. The average molecular weight is 548 g/mol. The van der Waals surface area contributed by atoms with Gasteiger partial charge in [-0.05, 0) is 42.5 Å². The number of aromatic nitrogens is 1. The fourth-order valence-electron chi connectivity index (χ4n) is 3.75. The van der Waals surface area contributed by atoms with Crippen molar-refractivity contribution in [3.05, 3.63) is 88.3 Å². The maximum atomic E-state index is 14.0. The number of halogens is 5. The third-order valence-electron chi connectivity index (χ3n) is 5.54. The molecule has 0 spiro atoms. The topological polar surface area (TPSA) is 84.7 Å². The van der Waals surface area contributed by atoms with Crippen LogP contribution in [0.2, 0.25) is 0 Å². The second-order valence-corrected chi connectivity index (χ2v) is 9.44. The van der Waals surface area contributed by atoms with Crippen molar-refractivity contribution in [1.29, 1.82) is 0 Å². The van der Waals surface area contributed by atoms with E-state index in [0.29, 0.717) is 49.8 Å². The van der Waals surface area contributed by atoms with E-state index in [9.17, 15) is 35.2 Å². The van der Waals surface area contributed by atoms with Crippen LogP contribution in [0.1, 0.15) is 15.9 Å². The number of anilines is 2. The van der Waals surface area contributed by atoms with Crippen molar-refractivity contribution in [2.24, 2.45) is 0 Å². The summed E-state index contributed by atoms with van der Waals surface area (Å²) in [6.07, 6.45) is -4.15. The number of nitrogens with zero attached hydrogens (tertiary/aromatic N) is 4. The molecule has 0 N–H and O–H groups in total. The smallest absolute Gasteiger partial charge is 0.537 e. The normalized spacial score (nSPS) is 14.2. The molecule has 1 aliphatic rings. The van der Waals surface area contributed by atoms with Crippen molar-refractivity contribution in [3.8, 4) is 0 Å². The molecule has 0 bridgehead atoms. The Morgan fingerprint density at radius 2 is 1.57 bits per heavy atom. The number of hydrogen-bond donors (Lipinski definition) is 0. The van der Waals surface area contributed by atoms with E-state index >= 15 is 0 Å². The summed E-state index contributed by atoms with van der Waals surface area (Å²) in [5.74, 6) is -2.83. The van der Waals surface area contributed by atoms with Crippen LogP contribution in [0.4, 0.5) is 33.5 Å². The molecular weight excluding hydrogens is 530 g/mol. The van der Waals surface area contributed by atoms with E-state index in [1.807, 2.05) is 9.80 Å². The van der Waals surface area contributed by atoms with Crippen molar-refractivity contribution in [1.82, 2.24) is 4.98 Å². The second kappa shape index (κ2) is 11.3. The Hall–Kier alpha value is -2.74. The third-order valence-corrected chi connectivity index (χ3v) is 6.78. The van der Waals surface area contributed by atoms with Gasteiger partial charge in [-0.3, -0.25) is 0 Å². The monoisotopic (exact) mass is 548 g/mol. The summed E-state index contributed by atoms with van der Waals surface area (Å²) in [7, 11) is -4.69. The van der Waals surface area contributed by atoms with Crippen LogP contribution in [0, 0.1) is 11.6 Å². The maximum Gasteiger partial charge on any atom is 1.00 e. The first-order valence-corrected chi connectivity index (χ1v) is 12.0. The number of para-hydroxylation sites is 1. The molecule has 1 saturated heterocycles. The number of rotatable bonds is 5. The molecule has 1 aliphatic heterocycles. The number of sulfonamides is 1. The number of benzene rings is 2. The van der Waals surface area contributed by atoms with Crippen molar-refractivity contribution in [2.75, 3.05) is 36.0 Å². The molecule has 0 unspecified atom stereocenters. The number of hydrogen-bond acceptors (Lipinski definition) is 6. The summed E-state index contributed by atoms with van der Waals surface area (Å²) in [4.78, 5) is 19.6. The number of alkyl halides is 3. The molecule has 14 heteroatoms. The fraction of sp³-hybridized carbons (Fsp3) is 0.217. The summed E-state index contributed by atoms with van der Waals surface area (Å²) < 4.78 is 94.8. The van der Waals surface area contributed by atoms with Gasteiger partial charge in [0.15, 0.2) is 0 Å². The van der Waals surface area contributed by atoms with Crippen molar-refractivity contribution in [2.45, 2.75) is 11.1 Å². The minimum Gasteiger partial charge on any atom is -0.537 e. The van der Waals surface area contributed by atoms with Gasteiger partial charge in [-0.2, -0.15) is 13.2 Å². The summed E-state index contributed by atoms with van der Waals surface area (Å²) in [5.41, 5.74) is -2.24. The van der Waals surface area contributed by atoms with Gasteiger partial charge >= 0.3 is 35.7 Å². The molecule has 2 aromatic carbocycles. The van der Waals surface area contributed by atoms with Crippen LogP contribution < -0.4 is 39.4 Å². The van der Waals surface area contributed by atoms with Crippen molar-refractivity contribution in [3.63, 3.8) is 0 Å². The van der Waals surface area contributed by atoms with Crippen LogP contribution in [0.5, 0.6) is 0 Å². The van der Waals surface area contributed by atoms with Gasteiger partial charge in [0.25, 0.3) is 0 Å². The van der Waals surface area contributed by atoms with Gasteiger partial charge in [-0.15, -0.1) is 0 Å². The van der Waals surface area contributed by atoms with Gasteiger partial charge in [0.1, 0.15) is 27.5 Å². The van der Waals surface area contributed by atoms with Crippen molar-refractivity contribution < 1.29 is 64.7 Å². The van der Waals surface area contributed by atoms with E-state index in [1.54, 1.807) is 18.2 Å². The third kappa shape index (κ3) is 6.58. The number of pyridine rings is 1. The number of piperazine rings is 1. The number of amides is 1. The zero-order chi connectivity index (χ0) is 26.1. The molecule has 0 aliphatic carbocycles. The van der Waals surface area contributed by atoms with E-state index in [1.165, 1.54) is 12.1 Å². The number of carbonyl (C=O) groups excluding carboxylic acids is 1. The first kappa shape index (κ1) is 28.8. The minimum absolute atomic E-state index is 0. The fourth-order valence-corrected chi connectivity index (χ4v) is 4.59. The molecule has 3 aromatic rings. The van der Waals surface area contributed by atoms with Crippen LogP contribution in [0.3, 0.4) is 0 Å². The standard InChI is InChI=1S/C23H19F5N4O3S.Na/c24-15-5-7-17(18(13-15)23(26,27)28)22(33)30-36(34,35)16-6-8-21(29-14-16)32-11-9-31(10-12-32)20-4-2-1-3-19(20)25;/h1-8,13-14H,9-12H2,(H,30,33);/q;+1/p-1. The Bertz CT molecular complexity index is 1380. The SMILES string of the molecule is O=C([N-]S(=O)(=O)c1ccc(N2CCN(c3ccccc3F)CC2)nc1)c1ccc(F)cc1C(F)(F)F.[Na+]. The summed E-state index contributed by atoms with van der Waals surface area (Å²) in [6.45, 7) is 1.93. The van der Waals surface area contributed by atoms with Crippen LogP contribution in [-0.2, 0) is 16.2 Å². The van der Waals surface area contributed by atoms with Crippen LogP contribution in [0.15, 0.2) is 65.7 Å². The Morgan fingerprint density at radius 1 is 0.919 bits per heavy atom. The van der Waals surface area contributed by atoms with Gasteiger partial charge in [0.05, 0.1) is 22.1 Å². The molecule has 1 fully saturated rings. The van der Waals surface area contributed by atoms with Crippen LogP contribution in [0.25, 0.3) is 4.72 Å². The van der Waals surface area contributed by atoms with Crippen LogP contribution >= 0.6 is 0 Å². The molecule has 0 atom stereocenters. The van der Waals surface area contributed by atoms with E-state index in [4.69, 9.17) is 0 Å². The Balaban J connectivity index is 0.00000380. The Kier molecular flexibility index (Phi) is 8.83. The van der Waals surface area contributed by atoms with Gasteiger partial charge in [-0.1, -0.05) is 12.1 Å². The molecule has 0 saturated carbocycles. The number of carbonyl (C=O) groups is 1. The van der Waals surface area contributed by atoms with Gasteiger partial charge in [0.2, 0.25) is 0 Å². The molecule has 4 rings (SSSR count). The van der Waals surface area contributed by atoms with E-state index in [0.717, 1.165) is 12.3 Å². The summed E-state index contributed by atoms with van der Waals surface area (Å²) >= 11 is 0. The predicted molar refractivity (Wildman–Crippen MR) is 121 cm³/mol. The van der Waals surface area contributed by atoms with Gasteiger partial charge in [0, 0.05) is 37.9 Å². The molecule has 190 valence electrons. The van der Waals surface area contributed by atoms with Crippen molar-refractivity contribution >= 4 is 27.4 Å². The predicted octanol–water partition coefficient (Wildman–Crippen LogP) is 1.61. The molecule has 0 radical (unpaired) electrons. The first-order valence-electron chi connectivity index (χ1n) is 10.6. The zero-order valence-corrected chi connectivity index (χ0v) is 22.2. The van der Waals surface area contributed by atoms with E-state index in [2.05, 4.69) is 9.71 Å². The first-order chi connectivity index (χ1) is 17.0. The largest absolute Gasteiger partial charge is 1.00 e. The van der Waals surface area contributed by atoms with Gasteiger partial charge < -0.3 is 19.3 Å². The molecule has 37 heavy (non-hydrogen) atoms. The van der Waals surface area contributed by atoms with Gasteiger partial charge in [-0.25, -0.2) is 22.2 Å². The second-order valence-electron chi connectivity index (χ2n) is 7.84. The summed E-state index contributed by atoms with van der Waals surface area (Å²) in [5, 5.41) is 0. The molecule has 2 heterocycles. The van der Waals surface area contributed by atoms with E-state index < -0.39 is 43.9 Å². The average Bonchev–Trinajstić information content (AvgIpc) is 2.84. The van der Waals surface area contributed by atoms with Crippen LogP contribution in [-0.4, -0.2) is 45.5 Å². The summed E-state index contributed by atoms with van der Waals surface area (Å²) in [6, 6.07) is 10.1. The molecule has 1 amide bonds. The molecule has 1 aromatic heterocycles. The molecular formula is C23H18F5N4NaO3S. The van der Waals surface area contributed by atoms with E-state index in [-0.39, 0.29) is 41.4 Å². The zero-order valence-electron chi connectivity index (χ0n) is 19.4. The Labute approximate surface area is 231 Å². The Morgan fingerprint density at radius 3 is 2.16 bits per heavy atom. The quantitative estimate of drug-likeness (QED) is 0.356. The minimum atomic E-state index is -5.09.